The average molecular weight is 333 g/mol. The summed E-state index contributed by atoms with van der Waals surface area (Å²) in [7, 11) is -1.55. The number of rotatable bonds is 5. The molecule has 0 aliphatic heterocycles. The van der Waals surface area contributed by atoms with Crippen molar-refractivity contribution in [2.75, 3.05) is 11.6 Å². The third-order valence-corrected chi connectivity index (χ3v) is 13.0. The van der Waals surface area contributed by atoms with Crippen LogP contribution >= 0.6 is 15.9 Å². The summed E-state index contributed by atoms with van der Waals surface area (Å²) in [6.45, 7) is 3.14. The Morgan fingerprint density at radius 1 is 0.889 bits per heavy atom. The van der Waals surface area contributed by atoms with Crippen molar-refractivity contribution in [1.82, 2.24) is 0 Å². The van der Waals surface area contributed by atoms with Crippen molar-refractivity contribution < 1.29 is 4.43 Å². The van der Waals surface area contributed by atoms with Gasteiger partial charge in [-0.1, -0.05) is 80.1 Å². The first kappa shape index (κ1) is 15.1. The van der Waals surface area contributed by atoms with Crippen LogP contribution in [0, 0.1) is 0 Å². The highest BCUT2D eigenvalue weighted by Crippen LogP contribution is 2.49. The second-order valence-corrected chi connectivity index (χ2v) is 12.0. The Morgan fingerprint density at radius 3 is 1.67 bits per heavy atom. The summed E-state index contributed by atoms with van der Waals surface area (Å²) >= 11 is 3.88. The monoisotopic (exact) mass is 332 g/mol. The van der Waals surface area contributed by atoms with E-state index < -0.39 is 8.32 Å². The van der Waals surface area contributed by atoms with E-state index in [4.69, 9.17) is 4.43 Å². The molecule has 1 nitrogen and oxygen atoms in total. The number of hydrogen-bond donors (Lipinski definition) is 0. The van der Waals surface area contributed by atoms with Gasteiger partial charge in [0, 0.05) is 11.6 Å². The molecule has 18 heavy (non-hydrogen) atoms. The van der Waals surface area contributed by atoms with Crippen LogP contribution < -0.4 is 0 Å². The molecule has 0 aromatic carbocycles. The second-order valence-electron chi connectivity index (χ2n) is 6.19. The molecule has 2 fully saturated rings. The lowest BCUT2D eigenvalue weighted by Crippen LogP contribution is -2.51. The molecule has 0 amide bonds. The Bertz CT molecular complexity index is 217. The van der Waals surface area contributed by atoms with E-state index in [1.165, 1.54) is 69.2 Å². The lowest BCUT2D eigenvalue weighted by atomic mass is 9.99. The number of hydrogen-bond acceptors (Lipinski definition) is 1. The van der Waals surface area contributed by atoms with Gasteiger partial charge in [0.05, 0.1) is 0 Å². The summed E-state index contributed by atoms with van der Waals surface area (Å²) in [5.41, 5.74) is 1.88. The van der Waals surface area contributed by atoms with Gasteiger partial charge in [-0.2, -0.15) is 0 Å². The van der Waals surface area contributed by atoms with Gasteiger partial charge in [0.2, 0.25) is 8.32 Å². The maximum absolute atomic E-state index is 6.55. The third kappa shape index (κ3) is 3.21. The van der Waals surface area contributed by atoms with Crippen molar-refractivity contribution in [3.05, 3.63) is 0 Å². The van der Waals surface area contributed by atoms with E-state index in [-0.39, 0.29) is 0 Å². The van der Waals surface area contributed by atoms with Crippen molar-refractivity contribution in [1.29, 1.82) is 0 Å². The molecule has 2 aliphatic carbocycles. The molecular weight excluding hydrogens is 304 g/mol. The van der Waals surface area contributed by atoms with Gasteiger partial charge in [0.25, 0.3) is 0 Å². The summed E-state index contributed by atoms with van der Waals surface area (Å²) in [4.78, 5) is 1.18. The molecule has 0 unspecified atom stereocenters. The molecule has 0 radical (unpaired) electrons. The van der Waals surface area contributed by atoms with Gasteiger partial charge >= 0.3 is 0 Å². The first-order chi connectivity index (χ1) is 8.83. The lowest BCUT2D eigenvalue weighted by molar-refractivity contribution is 0.277. The first-order valence-electron chi connectivity index (χ1n) is 8.03. The molecule has 0 atom stereocenters. The largest absolute Gasteiger partial charge is 0.416 e. The molecule has 0 saturated heterocycles. The van der Waals surface area contributed by atoms with Crippen LogP contribution in [0.15, 0.2) is 0 Å². The summed E-state index contributed by atoms with van der Waals surface area (Å²) < 4.78 is 6.55. The molecule has 0 bridgehead atoms. The van der Waals surface area contributed by atoms with Crippen molar-refractivity contribution in [3.8, 4) is 0 Å². The quantitative estimate of drug-likeness (QED) is 0.472. The van der Waals surface area contributed by atoms with Gasteiger partial charge < -0.3 is 4.43 Å². The maximum Gasteiger partial charge on any atom is 0.209 e. The SMILES string of the molecule is CCO[Si](CBr)(C1CCCCC1)C1CCCCC1. The Morgan fingerprint density at radius 2 is 1.33 bits per heavy atom. The van der Waals surface area contributed by atoms with Gasteiger partial charge in [-0.05, 0) is 18.0 Å². The minimum absolute atomic E-state index is 0.935. The maximum atomic E-state index is 6.55. The molecule has 0 heterocycles. The van der Waals surface area contributed by atoms with E-state index in [2.05, 4.69) is 22.9 Å². The van der Waals surface area contributed by atoms with Crippen LogP contribution in [-0.4, -0.2) is 19.9 Å². The standard InChI is InChI=1S/C15H29BrOSi/c1-2-17-18(13-16,14-9-5-3-6-10-14)15-11-7-4-8-12-15/h14-15H,2-13H2,1H3. The Labute approximate surface area is 122 Å². The van der Waals surface area contributed by atoms with Gasteiger partial charge in [-0.25, -0.2) is 0 Å². The second kappa shape index (κ2) is 7.44. The van der Waals surface area contributed by atoms with E-state index in [0.29, 0.717) is 0 Å². The normalized spacial score (nSPS) is 24.3. The van der Waals surface area contributed by atoms with Gasteiger partial charge in [0.15, 0.2) is 0 Å². The summed E-state index contributed by atoms with van der Waals surface area (Å²) in [6, 6.07) is 0. The minimum atomic E-state index is -1.55. The predicted octanol–water partition coefficient (Wildman–Crippen LogP) is 5.57. The molecule has 2 saturated carbocycles. The van der Waals surface area contributed by atoms with Gasteiger partial charge in [-0.3, -0.25) is 0 Å². The van der Waals surface area contributed by atoms with Crippen molar-refractivity contribution in [2.24, 2.45) is 0 Å². The minimum Gasteiger partial charge on any atom is -0.416 e. The Hall–Kier alpha value is 0.657. The zero-order chi connectivity index (χ0) is 12.8. The zero-order valence-corrected chi connectivity index (χ0v) is 14.5. The van der Waals surface area contributed by atoms with E-state index in [0.717, 1.165) is 17.7 Å². The Balaban J connectivity index is 2.13. The van der Waals surface area contributed by atoms with Gasteiger partial charge in [-0.15, -0.1) is 0 Å². The van der Waals surface area contributed by atoms with Crippen LogP contribution in [0.25, 0.3) is 0 Å². The number of alkyl halides is 1. The Kier molecular flexibility index (Phi) is 6.22. The highest BCUT2D eigenvalue weighted by atomic mass is 79.9. The van der Waals surface area contributed by atoms with Crippen LogP contribution in [0.1, 0.15) is 71.1 Å². The topological polar surface area (TPSA) is 9.23 Å². The average Bonchev–Trinajstić information content (AvgIpc) is 2.47. The molecular formula is C15H29BrOSi. The molecule has 0 spiro atoms. The third-order valence-electron chi connectivity index (χ3n) is 5.21. The van der Waals surface area contributed by atoms with Crippen molar-refractivity contribution >= 4 is 24.2 Å². The molecule has 106 valence electrons. The zero-order valence-electron chi connectivity index (χ0n) is 11.9. The summed E-state index contributed by atoms with van der Waals surface area (Å²) in [6.07, 6.45) is 14.5. The van der Waals surface area contributed by atoms with Gasteiger partial charge in [0.1, 0.15) is 0 Å². The molecule has 3 heteroatoms. The van der Waals surface area contributed by atoms with Crippen LogP contribution in [0.5, 0.6) is 0 Å². The predicted molar refractivity (Wildman–Crippen MR) is 84.8 cm³/mol. The van der Waals surface area contributed by atoms with E-state index in [9.17, 15) is 0 Å². The molecule has 2 rings (SSSR count). The van der Waals surface area contributed by atoms with E-state index in [1.807, 2.05) is 0 Å². The fourth-order valence-electron chi connectivity index (χ4n) is 4.28. The van der Waals surface area contributed by atoms with Crippen LogP contribution in [0.4, 0.5) is 0 Å². The first-order valence-corrected chi connectivity index (χ1v) is 11.4. The molecule has 0 aromatic heterocycles. The summed E-state index contributed by atoms with van der Waals surface area (Å²) in [5, 5.41) is 0. The van der Waals surface area contributed by atoms with Crippen molar-refractivity contribution in [3.63, 3.8) is 0 Å². The van der Waals surface area contributed by atoms with Crippen LogP contribution in [-0.2, 0) is 4.43 Å². The fourth-order valence-corrected chi connectivity index (χ4v) is 12.5. The van der Waals surface area contributed by atoms with E-state index >= 15 is 0 Å². The lowest BCUT2D eigenvalue weighted by Gasteiger charge is -2.45. The van der Waals surface area contributed by atoms with Crippen LogP contribution in [0.2, 0.25) is 11.1 Å². The summed E-state index contributed by atoms with van der Waals surface area (Å²) in [5.74, 6) is 0. The van der Waals surface area contributed by atoms with E-state index in [1.54, 1.807) is 0 Å². The smallest absolute Gasteiger partial charge is 0.209 e. The molecule has 0 aromatic rings. The number of halogens is 1. The molecule has 2 aliphatic rings. The highest BCUT2D eigenvalue weighted by Gasteiger charge is 2.48. The fraction of sp³-hybridized carbons (Fsp3) is 1.00. The molecule has 0 N–H and O–H groups in total. The van der Waals surface area contributed by atoms with Crippen molar-refractivity contribution in [2.45, 2.75) is 82.2 Å². The highest BCUT2D eigenvalue weighted by molar-refractivity contribution is 9.09. The van der Waals surface area contributed by atoms with Crippen LogP contribution in [0.3, 0.4) is 0 Å².